The minimum absolute atomic E-state index is 0. The standard InChI is InChI=1S/C19H15NO6S.Na/c1-23-14-4-3-10(5-12(14)19(21)22)13-8-27-20-17(13)11-6-15(24-2)18-16(7-11)25-9-26-18;/h3-8H,9H2,1-2H3,(H,21,22);/q;+1/p-1. The molecule has 0 aliphatic carbocycles. The zero-order valence-electron chi connectivity index (χ0n) is 15.5. The number of ether oxygens (including phenoxy) is 4. The van der Waals surface area contributed by atoms with Crippen LogP contribution in [0.3, 0.4) is 0 Å². The van der Waals surface area contributed by atoms with E-state index in [9.17, 15) is 9.90 Å². The summed E-state index contributed by atoms with van der Waals surface area (Å²) >= 11 is 1.27. The number of rotatable bonds is 5. The van der Waals surface area contributed by atoms with Crippen molar-refractivity contribution in [2.24, 2.45) is 0 Å². The van der Waals surface area contributed by atoms with Crippen molar-refractivity contribution in [2.75, 3.05) is 21.0 Å². The van der Waals surface area contributed by atoms with Crippen LogP contribution in [0.25, 0.3) is 22.4 Å². The van der Waals surface area contributed by atoms with Gasteiger partial charge < -0.3 is 28.8 Å². The van der Waals surface area contributed by atoms with Gasteiger partial charge in [-0.3, -0.25) is 0 Å². The average molecular weight is 407 g/mol. The molecule has 0 unspecified atom stereocenters. The van der Waals surface area contributed by atoms with E-state index in [0.29, 0.717) is 28.5 Å². The molecule has 138 valence electrons. The summed E-state index contributed by atoms with van der Waals surface area (Å²) in [5.41, 5.74) is 2.92. The Hall–Kier alpha value is -2.26. The van der Waals surface area contributed by atoms with Gasteiger partial charge in [-0.1, -0.05) is 6.07 Å². The molecule has 3 aromatic rings. The van der Waals surface area contributed by atoms with Crippen LogP contribution in [0.15, 0.2) is 35.7 Å². The maximum Gasteiger partial charge on any atom is 1.00 e. The van der Waals surface area contributed by atoms with E-state index >= 15 is 0 Å². The van der Waals surface area contributed by atoms with Crippen LogP contribution in [0.1, 0.15) is 10.4 Å². The van der Waals surface area contributed by atoms with Gasteiger partial charge in [-0.15, -0.1) is 0 Å². The zero-order valence-corrected chi connectivity index (χ0v) is 18.3. The normalized spacial score (nSPS) is 11.6. The van der Waals surface area contributed by atoms with Crippen LogP contribution in [0.4, 0.5) is 0 Å². The Morgan fingerprint density at radius 2 is 1.89 bits per heavy atom. The molecular formula is C19H14NNaO6S. The zero-order chi connectivity index (χ0) is 19.0. The van der Waals surface area contributed by atoms with E-state index in [2.05, 4.69) is 4.37 Å². The number of nitrogens with zero attached hydrogens (tertiary/aromatic N) is 1. The number of aromatic carboxylic acids is 1. The fourth-order valence-electron chi connectivity index (χ4n) is 2.95. The number of carboxylic acid groups (broad SMARTS) is 1. The maximum absolute atomic E-state index is 11.4. The summed E-state index contributed by atoms with van der Waals surface area (Å²) in [5, 5.41) is 13.3. The molecule has 1 aromatic heterocycles. The molecule has 7 nitrogen and oxygen atoms in total. The molecule has 9 heteroatoms. The number of carbonyl (C=O) groups is 1. The molecule has 28 heavy (non-hydrogen) atoms. The first-order valence-electron chi connectivity index (χ1n) is 7.94. The molecule has 0 amide bonds. The predicted octanol–water partition coefficient (Wildman–Crippen LogP) is -0.409. The third kappa shape index (κ3) is 3.56. The average Bonchev–Trinajstić information content (AvgIpc) is 3.35. The van der Waals surface area contributed by atoms with Crippen molar-refractivity contribution in [1.29, 1.82) is 0 Å². The summed E-state index contributed by atoms with van der Waals surface area (Å²) in [6.07, 6.45) is 0. The van der Waals surface area contributed by atoms with Crippen molar-refractivity contribution < 1.29 is 58.4 Å². The molecule has 4 rings (SSSR count). The SMILES string of the molecule is COc1ccc(-c2csnc2-c2cc(OC)c3c(c2)OCO3)cc1C(=O)[O-].[Na+]. The minimum Gasteiger partial charge on any atom is -0.545 e. The third-order valence-electron chi connectivity index (χ3n) is 4.23. The number of hydrogen-bond donors (Lipinski definition) is 0. The van der Waals surface area contributed by atoms with Crippen LogP contribution in [0.2, 0.25) is 0 Å². The van der Waals surface area contributed by atoms with E-state index in [1.807, 2.05) is 17.5 Å². The molecule has 2 heterocycles. The smallest absolute Gasteiger partial charge is 0.545 e. The largest absolute Gasteiger partial charge is 1.00 e. The van der Waals surface area contributed by atoms with E-state index in [0.717, 1.165) is 11.1 Å². The van der Waals surface area contributed by atoms with Crippen molar-refractivity contribution in [3.8, 4) is 45.4 Å². The molecular weight excluding hydrogens is 393 g/mol. The van der Waals surface area contributed by atoms with E-state index in [1.165, 1.54) is 24.7 Å². The summed E-state index contributed by atoms with van der Waals surface area (Å²) in [5.74, 6) is 0.621. The summed E-state index contributed by atoms with van der Waals surface area (Å²) in [7, 11) is 2.97. The fourth-order valence-corrected chi connectivity index (χ4v) is 3.67. The third-order valence-corrected chi connectivity index (χ3v) is 4.86. The summed E-state index contributed by atoms with van der Waals surface area (Å²) in [6, 6.07) is 8.54. The Kier molecular flexibility index (Phi) is 6.14. The molecule has 0 fully saturated rings. The topological polar surface area (TPSA) is 89.9 Å². The number of carbonyl (C=O) groups excluding carboxylic acids is 1. The quantitative estimate of drug-likeness (QED) is 0.531. The summed E-state index contributed by atoms with van der Waals surface area (Å²) in [6.45, 7) is 0.131. The van der Waals surface area contributed by atoms with Crippen molar-refractivity contribution in [1.82, 2.24) is 4.37 Å². The van der Waals surface area contributed by atoms with Gasteiger partial charge in [0.2, 0.25) is 12.5 Å². The first kappa shape index (κ1) is 20.5. The molecule has 0 saturated carbocycles. The second-order valence-corrected chi connectivity index (χ2v) is 6.32. The van der Waals surface area contributed by atoms with Gasteiger partial charge in [0.1, 0.15) is 5.75 Å². The first-order valence-corrected chi connectivity index (χ1v) is 8.78. The summed E-state index contributed by atoms with van der Waals surface area (Å²) in [4.78, 5) is 11.4. The Balaban J connectivity index is 0.00000225. The van der Waals surface area contributed by atoms with E-state index in [4.69, 9.17) is 18.9 Å². The van der Waals surface area contributed by atoms with Crippen LogP contribution in [0, 0.1) is 0 Å². The van der Waals surface area contributed by atoms with Gasteiger partial charge in [-0.2, -0.15) is 4.37 Å². The van der Waals surface area contributed by atoms with Gasteiger partial charge in [0.05, 0.1) is 25.9 Å². The fraction of sp³-hybridized carbons (Fsp3) is 0.158. The van der Waals surface area contributed by atoms with Crippen molar-refractivity contribution >= 4 is 17.5 Å². The van der Waals surface area contributed by atoms with Gasteiger partial charge in [-0.05, 0) is 41.4 Å². The maximum atomic E-state index is 11.4. The second-order valence-electron chi connectivity index (χ2n) is 5.69. The number of methoxy groups -OCH3 is 2. The van der Waals surface area contributed by atoms with Gasteiger partial charge in [0.15, 0.2) is 11.5 Å². The van der Waals surface area contributed by atoms with Crippen LogP contribution >= 0.6 is 11.5 Å². The molecule has 0 bridgehead atoms. The van der Waals surface area contributed by atoms with Gasteiger partial charge >= 0.3 is 29.6 Å². The van der Waals surface area contributed by atoms with E-state index in [-0.39, 0.29) is 47.7 Å². The van der Waals surface area contributed by atoms with Crippen molar-refractivity contribution in [2.45, 2.75) is 0 Å². The summed E-state index contributed by atoms with van der Waals surface area (Å²) < 4.78 is 25.9. The number of aromatic nitrogens is 1. The number of hydrogen-bond acceptors (Lipinski definition) is 8. The molecule has 0 spiro atoms. The molecule has 0 saturated heterocycles. The van der Waals surface area contributed by atoms with Crippen LogP contribution in [-0.2, 0) is 0 Å². The van der Waals surface area contributed by atoms with Gasteiger partial charge in [-0.25, -0.2) is 0 Å². The molecule has 2 aromatic carbocycles. The Bertz CT molecular complexity index is 1040. The van der Waals surface area contributed by atoms with Crippen LogP contribution in [-0.4, -0.2) is 31.4 Å². The number of benzene rings is 2. The molecule has 1 aliphatic heterocycles. The van der Waals surface area contributed by atoms with Crippen molar-refractivity contribution in [3.63, 3.8) is 0 Å². The first-order chi connectivity index (χ1) is 13.1. The Labute approximate surface area is 187 Å². The monoisotopic (exact) mass is 407 g/mol. The van der Waals surface area contributed by atoms with Gasteiger partial charge in [0.25, 0.3) is 0 Å². The van der Waals surface area contributed by atoms with Gasteiger partial charge in [0, 0.05) is 22.1 Å². The van der Waals surface area contributed by atoms with Crippen LogP contribution < -0.4 is 53.6 Å². The van der Waals surface area contributed by atoms with Crippen LogP contribution in [0.5, 0.6) is 23.0 Å². The number of carboxylic acids is 1. The molecule has 1 aliphatic rings. The molecule has 0 radical (unpaired) electrons. The van der Waals surface area contributed by atoms with E-state index < -0.39 is 5.97 Å². The second kappa shape index (κ2) is 8.40. The Morgan fingerprint density at radius 1 is 1.11 bits per heavy atom. The molecule has 0 N–H and O–H groups in total. The minimum atomic E-state index is -1.30. The number of fused-ring (bicyclic) bond motifs is 1. The molecule has 0 atom stereocenters. The van der Waals surface area contributed by atoms with E-state index in [1.54, 1.807) is 19.2 Å². The van der Waals surface area contributed by atoms with Crippen molar-refractivity contribution in [3.05, 3.63) is 41.3 Å². The predicted molar refractivity (Wildman–Crippen MR) is 96.5 cm³/mol. The Morgan fingerprint density at radius 3 is 2.61 bits per heavy atom.